The Hall–Kier alpha value is -2.47. The minimum atomic E-state index is -0.473. The van der Waals surface area contributed by atoms with Crippen molar-refractivity contribution in [2.24, 2.45) is 11.8 Å². The molecule has 1 fully saturated rings. The fourth-order valence-electron chi connectivity index (χ4n) is 4.04. The molecule has 1 aliphatic rings. The Balaban J connectivity index is 1.49. The summed E-state index contributed by atoms with van der Waals surface area (Å²) in [6.07, 6.45) is 12.0. The van der Waals surface area contributed by atoms with Crippen molar-refractivity contribution < 1.29 is 8.78 Å². The number of halogens is 2. The maximum atomic E-state index is 13.8. The highest BCUT2D eigenvalue weighted by Gasteiger charge is 2.19. The molecule has 0 heterocycles. The number of nitriles is 1. The topological polar surface area (TPSA) is 23.8 Å². The quantitative estimate of drug-likeness (QED) is 0.474. The van der Waals surface area contributed by atoms with Crippen molar-refractivity contribution in [1.82, 2.24) is 0 Å². The molecule has 1 aliphatic carbocycles. The largest absolute Gasteiger partial charge is 0.251 e. The van der Waals surface area contributed by atoms with Gasteiger partial charge in [-0.2, -0.15) is 5.26 Å². The number of nitrogens with zero attached hydrogens (tertiary/aromatic N) is 1. The van der Waals surface area contributed by atoms with E-state index in [1.807, 2.05) is 24.3 Å². The number of hydrogen-bond donors (Lipinski definition) is 0. The van der Waals surface area contributed by atoms with Gasteiger partial charge in [-0.25, -0.2) is 4.39 Å². The van der Waals surface area contributed by atoms with Gasteiger partial charge in [0.1, 0.15) is 11.9 Å². The van der Waals surface area contributed by atoms with Crippen LogP contribution in [-0.4, -0.2) is 6.67 Å². The smallest absolute Gasteiger partial charge is 0.141 e. The zero-order valence-electron chi connectivity index (χ0n) is 16.2. The molecule has 1 saturated carbocycles. The molecule has 0 spiro atoms. The van der Waals surface area contributed by atoms with Gasteiger partial charge in [0, 0.05) is 0 Å². The monoisotopic (exact) mass is 379 g/mol. The van der Waals surface area contributed by atoms with Crippen LogP contribution in [0.25, 0.3) is 11.1 Å². The van der Waals surface area contributed by atoms with Gasteiger partial charge in [-0.1, -0.05) is 42.5 Å². The molecule has 146 valence electrons. The van der Waals surface area contributed by atoms with Crippen molar-refractivity contribution in [2.75, 3.05) is 6.67 Å². The second kappa shape index (κ2) is 10.2. The molecule has 0 N–H and O–H groups in total. The molecule has 2 aromatic carbocycles. The molecule has 0 radical (unpaired) electrons. The summed E-state index contributed by atoms with van der Waals surface area (Å²) in [5.74, 6) is 0.937. The third kappa shape index (κ3) is 5.52. The van der Waals surface area contributed by atoms with Gasteiger partial charge in [0.25, 0.3) is 0 Å². The molecular formula is C25H27F2N. The van der Waals surface area contributed by atoms with Crippen LogP contribution in [0.2, 0.25) is 0 Å². The first kappa shape index (κ1) is 20.3. The van der Waals surface area contributed by atoms with Crippen LogP contribution in [0, 0.1) is 29.0 Å². The molecule has 3 rings (SSSR count). The zero-order chi connectivity index (χ0) is 19.8. The highest BCUT2D eigenvalue weighted by molar-refractivity contribution is 5.64. The van der Waals surface area contributed by atoms with Crippen LogP contribution in [0.4, 0.5) is 8.78 Å². The van der Waals surface area contributed by atoms with Gasteiger partial charge < -0.3 is 0 Å². The first-order valence-corrected chi connectivity index (χ1v) is 10.2. The van der Waals surface area contributed by atoms with Crippen molar-refractivity contribution >= 4 is 0 Å². The number of rotatable bonds is 7. The van der Waals surface area contributed by atoms with Gasteiger partial charge >= 0.3 is 0 Å². The van der Waals surface area contributed by atoms with Crippen LogP contribution in [0.15, 0.2) is 54.6 Å². The molecular weight excluding hydrogens is 352 g/mol. The van der Waals surface area contributed by atoms with E-state index in [0.717, 1.165) is 23.5 Å². The summed E-state index contributed by atoms with van der Waals surface area (Å²) in [4.78, 5) is 0. The van der Waals surface area contributed by atoms with Crippen LogP contribution >= 0.6 is 0 Å². The number of alkyl halides is 1. The molecule has 0 aliphatic heterocycles. The Bertz CT molecular complexity index is 825. The Morgan fingerprint density at radius 2 is 1.71 bits per heavy atom. The SMILES string of the molecule is N#Cc1ccc(-c2ccc(CC[C@H]3CC[C@H](/C=C/CCF)CC3)cc2)cc1F. The van der Waals surface area contributed by atoms with Gasteiger partial charge in [-0.15, -0.1) is 0 Å². The van der Waals surface area contributed by atoms with Crippen LogP contribution < -0.4 is 0 Å². The maximum Gasteiger partial charge on any atom is 0.141 e. The van der Waals surface area contributed by atoms with Gasteiger partial charge in [-0.05, 0) is 85.6 Å². The summed E-state index contributed by atoms with van der Waals surface area (Å²) >= 11 is 0. The van der Waals surface area contributed by atoms with Gasteiger partial charge in [0.05, 0.1) is 12.2 Å². The van der Waals surface area contributed by atoms with E-state index in [4.69, 9.17) is 5.26 Å². The molecule has 1 nitrogen and oxygen atoms in total. The van der Waals surface area contributed by atoms with Crippen LogP contribution in [0.3, 0.4) is 0 Å². The summed E-state index contributed by atoms with van der Waals surface area (Å²) in [5, 5.41) is 8.84. The first-order valence-electron chi connectivity index (χ1n) is 10.2. The van der Waals surface area contributed by atoms with Crippen molar-refractivity contribution in [2.45, 2.75) is 44.9 Å². The van der Waals surface area contributed by atoms with Gasteiger partial charge in [-0.3, -0.25) is 4.39 Å². The van der Waals surface area contributed by atoms with E-state index < -0.39 is 5.82 Å². The lowest BCUT2D eigenvalue weighted by molar-refractivity contribution is 0.296. The normalized spacial score (nSPS) is 19.6. The Labute approximate surface area is 166 Å². The predicted molar refractivity (Wildman–Crippen MR) is 110 cm³/mol. The molecule has 0 amide bonds. The van der Waals surface area contributed by atoms with E-state index in [2.05, 4.69) is 18.2 Å². The Morgan fingerprint density at radius 3 is 2.36 bits per heavy atom. The third-order valence-corrected chi connectivity index (χ3v) is 5.79. The second-order valence-corrected chi connectivity index (χ2v) is 7.73. The lowest BCUT2D eigenvalue weighted by atomic mass is 9.79. The summed E-state index contributed by atoms with van der Waals surface area (Å²) < 4.78 is 26.0. The van der Waals surface area contributed by atoms with Crippen LogP contribution in [0.5, 0.6) is 0 Å². The van der Waals surface area contributed by atoms with Crippen LogP contribution in [-0.2, 0) is 6.42 Å². The van der Waals surface area contributed by atoms with Gasteiger partial charge in [0.15, 0.2) is 0 Å². The summed E-state index contributed by atoms with van der Waals surface area (Å²) in [5.41, 5.74) is 3.14. The Kier molecular flexibility index (Phi) is 7.37. The van der Waals surface area contributed by atoms with E-state index in [1.54, 1.807) is 6.07 Å². The number of allylic oxidation sites excluding steroid dienone is 2. The van der Waals surface area contributed by atoms with E-state index in [0.29, 0.717) is 12.3 Å². The highest BCUT2D eigenvalue weighted by Crippen LogP contribution is 2.32. The molecule has 0 atom stereocenters. The highest BCUT2D eigenvalue weighted by atomic mass is 19.1. The Morgan fingerprint density at radius 1 is 1.00 bits per heavy atom. The van der Waals surface area contributed by atoms with E-state index in [-0.39, 0.29) is 12.2 Å². The van der Waals surface area contributed by atoms with E-state index >= 15 is 0 Å². The van der Waals surface area contributed by atoms with Crippen LogP contribution in [0.1, 0.15) is 49.7 Å². The van der Waals surface area contributed by atoms with Crippen molar-refractivity contribution in [3.05, 3.63) is 71.6 Å². The minimum Gasteiger partial charge on any atom is -0.251 e. The molecule has 2 aromatic rings. The average Bonchev–Trinajstić information content (AvgIpc) is 2.74. The van der Waals surface area contributed by atoms with Crippen molar-refractivity contribution in [1.29, 1.82) is 5.26 Å². The summed E-state index contributed by atoms with van der Waals surface area (Å²) in [7, 11) is 0. The minimum absolute atomic E-state index is 0.0768. The van der Waals surface area contributed by atoms with Crippen molar-refractivity contribution in [3.8, 4) is 17.2 Å². The lowest BCUT2D eigenvalue weighted by Gasteiger charge is -2.26. The molecule has 0 aromatic heterocycles. The number of benzene rings is 2. The zero-order valence-corrected chi connectivity index (χ0v) is 16.2. The predicted octanol–water partition coefficient (Wildman–Crippen LogP) is 7.02. The summed E-state index contributed by atoms with van der Waals surface area (Å²) in [6.45, 7) is -0.259. The van der Waals surface area contributed by atoms with Gasteiger partial charge in [0.2, 0.25) is 0 Å². The number of aryl methyl sites for hydroxylation is 1. The van der Waals surface area contributed by atoms with E-state index in [1.165, 1.54) is 49.8 Å². The first-order chi connectivity index (χ1) is 13.7. The lowest BCUT2D eigenvalue weighted by Crippen LogP contribution is -2.13. The molecule has 0 bridgehead atoms. The standard InChI is InChI=1S/C25H27F2N/c26-16-2-1-3-19-4-6-20(7-5-19)8-9-21-10-12-22(13-11-21)23-14-15-24(18-28)25(27)17-23/h1,3,10-15,17,19-20H,2,4-9,16H2/b3-1+/t19-,20-. The molecule has 0 unspecified atom stereocenters. The fraction of sp³-hybridized carbons (Fsp3) is 0.400. The maximum absolute atomic E-state index is 13.8. The summed E-state index contributed by atoms with van der Waals surface area (Å²) in [6, 6.07) is 14.9. The molecule has 3 heteroatoms. The fourth-order valence-corrected chi connectivity index (χ4v) is 4.04. The second-order valence-electron chi connectivity index (χ2n) is 7.73. The van der Waals surface area contributed by atoms with Crippen molar-refractivity contribution in [3.63, 3.8) is 0 Å². The van der Waals surface area contributed by atoms with E-state index in [9.17, 15) is 8.78 Å². The molecule has 28 heavy (non-hydrogen) atoms. The molecule has 0 saturated heterocycles. The number of hydrogen-bond acceptors (Lipinski definition) is 1. The third-order valence-electron chi connectivity index (χ3n) is 5.79. The average molecular weight is 379 g/mol.